The molecule has 2 amide bonds. The number of nitrogens with one attached hydrogen (secondary N) is 1. The molecular weight excluding hydrogens is 362 g/mol. The Hall–Kier alpha value is -2.16. The summed E-state index contributed by atoms with van der Waals surface area (Å²) in [5.74, 6) is 11.5. The van der Waals surface area contributed by atoms with E-state index in [9.17, 15) is 4.79 Å². The SMILES string of the molecule is Cc1ncccc1OCc1c(Br)cccc1CN(N)C(=O)NN. The van der Waals surface area contributed by atoms with Crippen LogP contribution in [0.4, 0.5) is 4.79 Å². The fourth-order valence-electron chi connectivity index (χ4n) is 2.02. The number of rotatable bonds is 5. The molecule has 0 atom stereocenters. The molecule has 1 aromatic carbocycles. The van der Waals surface area contributed by atoms with E-state index in [1.54, 1.807) is 6.20 Å². The van der Waals surface area contributed by atoms with Crippen LogP contribution in [0.15, 0.2) is 41.0 Å². The van der Waals surface area contributed by atoms with Crippen LogP contribution in [-0.2, 0) is 13.2 Å². The first-order valence-corrected chi connectivity index (χ1v) is 7.65. The number of amides is 2. The highest BCUT2D eigenvalue weighted by Gasteiger charge is 2.14. The number of carbonyl (C=O) groups excluding carboxylic acids is 1. The van der Waals surface area contributed by atoms with Crippen LogP contribution in [0, 0.1) is 6.92 Å². The summed E-state index contributed by atoms with van der Waals surface area (Å²) in [5.41, 5.74) is 4.56. The largest absolute Gasteiger partial charge is 0.487 e. The monoisotopic (exact) mass is 379 g/mol. The number of carbonyl (C=O) groups is 1. The number of aromatic nitrogens is 1. The van der Waals surface area contributed by atoms with Gasteiger partial charge in [-0.2, -0.15) is 0 Å². The average molecular weight is 380 g/mol. The summed E-state index contributed by atoms with van der Waals surface area (Å²) in [6, 6.07) is 8.75. The summed E-state index contributed by atoms with van der Waals surface area (Å²) < 4.78 is 6.71. The third-order valence-electron chi connectivity index (χ3n) is 3.27. The summed E-state index contributed by atoms with van der Waals surface area (Å²) in [6.45, 7) is 2.40. The van der Waals surface area contributed by atoms with E-state index in [2.05, 4.69) is 20.9 Å². The van der Waals surface area contributed by atoms with E-state index in [4.69, 9.17) is 16.4 Å². The van der Waals surface area contributed by atoms with Crippen molar-refractivity contribution in [3.63, 3.8) is 0 Å². The normalized spacial score (nSPS) is 10.3. The van der Waals surface area contributed by atoms with Gasteiger partial charge in [0.25, 0.3) is 0 Å². The standard InChI is InChI=1S/C15H18BrN5O2/c1-10-14(6-3-7-19-10)23-9-12-11(4-2-5-13(12)16)8-21(18)15(22)20-17/h2-7H,8-9,17-18H2,1H3,(H,20,22). The number of benzene rings is 1. The zero-order chi connectivity index (χ0) is 16.8. The molecule has 2 rings (SSSR count). The molecular formula is C15H18BrN5O2. The number of hydrogen-bond acceptors (Lipinski definition) is 5. The van der Waals surface area contributed by atoms with Crippen molar-refractivity contribution in [1.82, 2.24) is 15.4 Å². The maximum atomic E-state index is 11.4. The molecule has 0 aliphatic heterocycles. The number of ether oxygens (including phenoxy) is 1. The molecule has 0 fully saturated rings. The van der Waals surface area contributed by atoms with Gasteiger partial charge in [-0.15, -0.1) is 0 Å². The van der Waals surface area contributed by atoms with Crippen LogP contribution in [0.1, 0.15) is 16.8 Å². The first-order valence-electron chi connectivity index (χ1n) is 6.86. The van der Waals surface area contributed by atoms with Gasteiger partial charge >= 0.3 is 6.03 Å². The first kappa shape index (κ1) is 17.2. The van der Waals surface area contributed by atoms with Crippen molar-refractivity contribution in [2.75, 3.05) is 0 Å². The lowest BCUT2D eigenvalue weighted by molar-refractivity contribution is 0.196. The van der Waals surface area contributed by atoms with Crippen molar-refractivity contribution in [1.29, 1.82) is 0 Å². The van der Waals surface area contributed by atoms with Gasteiger partial charge in [-0.05, 0) is 30.7 Å². The van der Waals surface area contributed by atoms with E-state index in [-0.39, 0.29) is 6.54 Å². The molecule has 23 heavy (non-hydrogen) atoms. The van der Waals surface area contributed by atoms with E-state index < -0.39 is 6.03 Å². The number of urea groups is 1. The number of halogens is 1. The van der Waals surface area contributed by atoms with Gasteiger partial charge in [0.05, 0.1) is 12.2 Å². The van der Waals surface area contributed by atoms with Gasteiger partial charge in [0, 0.05) is 16.2 Å². The van der Waals surface area contributed by atoms with Crippen molar-refractivity contribution in [3.8, 4) is 5.75 Å². The van der Waals surface area contributed by atoms with E-state index in [0.717, 1.165) is 26.3 Å². The Labute approximate surface area is 142 Å². The van der Waals surface area contributed by atoms with Crippen LogP contribution in [0.3, 0.4) is 0 Å². The van der Waals surface area contributed by atoms with Crippen molar-refractivity contribution in [2.24, 2.45) is 11.7 Å². The predicted molar refractivity (Wildman–Crippen MR) is 89.9 cm³/mol. The molecule has 7 nitrogen and oxygen atoms in total. The molecule has 2 aromatic rings. The van der Waals surface area contributed by atoms with Crippen molar-refractivity contribution in [3.05, 3.63) is 57.8 Å². The Bertz CT molecular complexity index is 695. The molecule has 8 heteroatoms. The molecule has 0 unspecified atom stereocenters. The predicted octanol–water partition coefficient (Wildman–Crippen LogP) is 1.99. The van der Waals surface area contributed by atoms with Gasteiger partial charge in [-0.1, -0.05) is 28.1 Å². The summed E-state index contributed by atoms with van der Waals surface area (Å²) in [6.07, 6.45) is 1.71. The molecule has 0 aliphatic rings. The summed E-state index contributed by atoms with van der Waals surface area (Å²) in [7, 11) is 0. The Morgan fingerprint density at radius 2 is 2.17 bits per heavy atom. The Morgan fingerprint density at radius 1 is 1.39 bits per heavy atom. The van der Waals surface area contributed by atoms with Crippen LogP contribution in [0.2, 0.25) is 0 Å². The number of nitrogens with two attached hydrogens (primary N) is 2. The highest BCUT2D eigenvalue weighted by Crippen LogP contribution is 2.24. The number of nitrogens with zero attached hydrogens (tertiary/aromatic N) is 2. The molecule has 0 radical (unpaired) electrons. The Kier molecular flexibility index (Phi) is 5.91. The van der Waals surface area contributed by atoms with E-state index >= 15 is 0 Å². The lowest BCUT2D eigenvalue weighted by Crippen LogP contribution is -2.46. The van der Waals surface area contributed by atoms with E-state index in [1.807, 2.05) is 42.7 Å². The second-order valence-corrected chi connectivity index (χ2v) is 5.68. The lowest BCUT2D eigenvalue weighted by Gasteiger charge is -2.19. The maximum Gasteiger partial charge on any atom is 0.345 e. The van der Waals surface area contributed by atoms with Gasteiger partial charge in [0.1, 0.15) is 12.4 Å². The van der Waals surface area contributed by atoms with Crippen LogP contribution >= 0.6 is 15.9 Å². The third-order valence-corrected chi connectivity index (χ3v) is 4.01. The fourth-order valence-corrected chi connectivity index (χ4v) is 2.55. The molecule has 0 saturated carbocycles. The minimum absolute atomic E-state index is 0.202. The summed E-state index contributed by atoms with van der Waals surface area (Å²) >= 11 is 3.50. The second-order valence-electron chi connectivity index (χ2n) is 4.83. The van der Waals surface area contributed by atoms with Crippen LogP contribution < -0.4 is 21.8 Å². The number of aryl methyl sites for hydroxylation is 1. The molecule has 1 aromatic heterocycles. The average Bonchev–Trinajstić information content (AvgIpc) is 2.55. The molecule has 0 saturated heterocycles. The van der Waals surface area contributed by atoms with Gasteiger partial charge in [-0.3, -0.25) is 15.4 Å². The Balaban J connectivity index is 2.18. The van der Waals surface area contributed by atoms with Crippen LogP contribution in [0.5, 0.6) is 5.75 Å². The van der Waals surface area contributed by atoms with Crippen LogP contribution in [0.25, 0.3) is 0 Å². The van der Waals surface area contributed by atoms with Gasteiger partial charge in [0.2, 0.25) is 0 Å². The summed E-state index contributed by atoms with van der Waals surface area (Å²) in [4.78, 5) is 15.6. The zero-order valence-electron chi connectivity index (χ0n) is 12.6. The lowest BCUT2D eigenvalue weighted by atomic mass is 10.1. The quantitative estimate of drug-likeness (QED) is 0.418. The maximum absolute atomic E-state index is 11.4. The van der Waals surface area contributed by atoms with E-state index in [0.29, 0.717) is 12.4 Å². The van der Waals surface area contributed by atoms with Gasteiger partial charge in [-0.25, -0.2) is 16.5 Å². The molecule has 122 valence electrons. The number of hydrogen-bond donors (Lipinski definition) is 3. The third kappa shape index (κ3) is 4.41. The second kappa shape index (κ2) is 7.91. The summed E-state index contributed by atoms with van der Waals surface area (Å²) in [5, 5.41) is 1.00. The minimum atomic E-state index is -0.569. The molecule has 0 bridgehead atoms. The van der Waals surface area contributed by atoms with Crippen LogP contribution in [-0.4, -0.2) is 16.0 Å². The first-order chi connectivity index (χ1) is 11.0. The van der Waals surface area contributed by atoms with Crippen molar-refractivity contribution >= 4 is 22.0 Å². The van der Waals surface area contributed by atoms with Crippen molar-refractivity contribution in [2.45, 2.75) is 20.1 Å². The van der Waals surface area contributed by atoms with Crippen molar-refractivity contribution < 1.29 is 9.53 Å². The smallest absolute Gasteiger partial charge is 0.345 e. The number of pyridine rings is 1. The van der Waals surface area contributed by atoms with E-state index in [1.165, 1.54) is 0 Å². The highest BCUT2D eigenvalue weighted by atomic mass is 79.9. The van der Waals surface area contributed by atoms with Gasteiger partial charge in [0.15, 0.2) is 0 Å². The fraction of sp³-hybridized carbons (Fsp3) is 0.200. The molecule has 1 heterocycles. The molecule has 0 spiro atoms. The topological polar surface area (TPSA) is 106 Å². The Morgan fingerprint density at radius 3 is 2.87 bits per heavy atom. The highest BCUT2D eigenvalue weighted by molar-refractivity contribution is 9.10. The molecule has 0 aliphatic carbocycles. The molecule has 5 N–H and O–H groups in total. The number of hydrazine groups is 2. The minimum Gasteiger partial charge on any atom is -0.487 e. The van der Waals surface area contributed by atoms with Gasteiger partial charge < -0.3 is 4.74 Å². The zero-order valence-corrected chi connectivity index (χ0v) is 14.2.